The van der Waals surface area contributed by atoms with Crippen LogP contribution >= 0.6 is 29.9 Å². The van der Waals surface area contributed by atoms with Gasteiger partial charge in [-0.2, -0.15) is 0 Å². The summed E-state index contributed by atoms with van der Waals surface area (Å²) in [5.74, 6) is 0.657. The van der Waals surface area contributed by atoms with Crippen LogP contribution in [0.1, 0.15) is 6.42 Å². The van der Waals surface area contributed by atoms with Crippen molar-refractivity contribution in [2.75, 3.05) is 6.61 Å². The zero-order valence-electron chi connectivity index (χ0n) is 8.62. The van der Waals surface area contributed by atoms with Gasteiger partial charge in [0.2, 0.25) is 4.52 Å². The van der Waals surface area contributed by atoms with Crippen LogP contribution in [0.4, 0.5) is 0 Å². The van der Waals surface area contributed by atoms with E-state index in [9.17, 15) is 0 Å². The molecule has 8 heteroatoms. The molecule has 0 aliphatic carbocycles. The summed E-state index contributed by atoms with van der Waals surface area (Å²) >= 11 is 15.7. The largest absolute Gasteiger partial charge is 0.493 e. The minimum Gasteiger partial charge on any atom is -0.493 e. The van der Waals surface area contributed by atoms with Crippen molar-refractivity contribution in [3.05, 3.63) is 30.3 Å². The topological polar surface area (TPSA) is 58.9 Å². The van der Waals surface area contributed by atoms with Crippen LogP contribution in [0.15, 0.2) is 30.3 Å². The average Bonchev–Trinajstić information content (AvgIpc) is 2.15. The van der Waals surface area contributed by atoms with Crippen LogP contribution in [0.5, 0.6) is 5.75 Å². The van der Waals surface area contributed by atoms with E-state index < -0.39 is 11.2 Å². The molecule has 0 spiro atoms. The maximum Gasteiger partial charge on any atom is 0.324 e. The SMILES string of the molecule is OP(O)(=S)OC(Cl)(Cl)CCOc1ccccc1. The second-order valence-electron chi connectivity index (χ2n) is 3.13. The van der Waals surface area contributed by atoms with E-state index in [1.54, 1.807) is 12.1 Å². The lowest BCUT2D eigenvalue weighted by molar-refractivity contribution is 0.166. The highest BCUT2D eigenvalue weighted by atomic mass is 35.5. The fraction of sp³-hybridized carbons (Fsp3) is 0.333. The molecule has 0 radical (unpaired) electrons. The first kappa shape index (κ1) is 15.2. The van der Waals surface area contributed by atoms with E-state index in [-0.39, 0.29) is 13.0 Å². The van der Waals surface area contributed by atoms with Crippen molar-refractivity contribution >= 4 is 41.7 Å². The van der Waals surface area contributed by atoms with Gasteiger partial charge in [-0.3, -0.25) is 4.52 Å². The molecule has 0 bridgehead atoms. The van der Waals surface area contributed by atoms with Crippen LogP contribution in [-0.4, -0.2) is 20.9 Å². The molecule has 0 saturated carbocycles. The van der Waals surface area contributed by atoms with Gasteiger partial charge in [0, 0.05) is 6.42 Å². The summed E-state index contributed by atoms with van der Waals surface area (Å²) in [7, 11) is 0. The van der Waals surface area contributed by atoms with E-state index in [1.165, 1.54) is 0 Å². The number of benzene rings is 1. The first-order valence-electron chi connectivity index (χ1n) is 4.60. The van der Waals surface area contributed by atoms with Crippen LogP contribution in [0.3, 0.4) is 0 Å². The van der Waals surface area contributed by atoms with Crippen LogP contribution in [0, 0.1) is 0 Å². The van der Waals surface area contributed by atoms with Gasteiger partial charge in [0.1, 0.15) is 5.75 Å². The minimum absolute atomic E-state index is 0.0461. The molecule has 0 atom stereocenters. The zero-order valence-corrected chi connectivity index (χ0v) is 11.8. The lowest BCUT2D eigenvalue weighted by Crippen LogP contribution is -2.19. The van der Waals surface area contributed by atoms with Gasteiger partial charge in [-0.05, 0) is 23.9 Å². The highest BCUT2D eigenvalue weighted by Crippen LogP contribution is 2.46. The lowest BCUT2D eigenvalue weighted by Gasteiger charge is -2.22. The quantitative estimate of drug-likeness (QED) is 0.624. The summed E-state index contributed by atoms with van der Waals surface area (Å²) < 4.78 is 8.10. The third-order valence-corrected chi connectivity index (χ3v) is 3.18. The standard InChI is InChI=1S/C9H11Cl2O4PS/c10-9(11,15-16(12,13)17)6-7-14-8-4-2-1-3-5-8/h1-5H,6-7H2,(H2,12,13,17). The Morgan fingerprint density at radius 1 is 1.24 bits per heavy atom. The molecule has 2 N–H and O–H groups in total. The molecule has 1 aromatic rings. The monoisotopic (exact) mass is 316 g/mol. The smallest absolute Gasteiger partial charge is 0.324 e. The Balaban J connectivity index is 2.38. The molecule has 0 aliphatic heterocycles. The molecular formula is C9H11Cl2O4PS. The Bertz CT molecular complexity index is 395. The molecule has 0 aromatic heterocycles. The number of alkyl halides is 2. The van der Waals surface area contributed by atoms with Crippen LogP contribution in [-0.2, 0) is 16.3 Å². The summed E-state index contributed by atoms with van der Waals surface area (Å²) in [6, 6.07) is 9.04. The molecular weight excluding hydrogens is 306 g/mol. The van der Waals surface area contributed by atoms with E-state index in [2.05, 4.69) is 16.3 Å². The van der Waals surface area contributed by atoms with Gasteiger partial charge in [0.05, 0.1) is 6.61 Å². The van der Waals surface area contributed by atoms with Gasteiger partial charge in [0.25, 0.3) is 0 Å². The van der Waals surface area contributed by atoms with Crippen molar-refractivity contribution in [1.29, 1.82) is 0 Å². The van der Waals surface area contributed by atoms with Crippen molar-refractivity contribution in [3.8, 4) is 5.75 Å². The second-order valence-corrected chi connectivity index (χ2v) is 7.14. The number of rotatable bonds is 6. The number of halogens is 2. The van der Waals surface area contributed by atoms with Crippen LogP contribution in [0.2, 0.25) is 0 Å². The summed E-state index contributed by atoms with van der Waals surface area (Å²) in [5.41, 5.74) is 0. The lowest BCUT2D eigenvalue weighted by atomic mass is 10.3. The molecule has 0 aliphatic rings. The van der Waals surface area contributed by atoms with E-state index in [4.69, 9.17) is 37.7 Å². The van der Waals surface area contributed by atoms with E-state index >= 15 is 0 Å². The molecule has 1 aromatic carbocycles. The fourth-order valence-electron chi connectivity index (χ4n) is 1.02. The highest BCUT2D eigenvalue weighted by molar-refractivity contribution is 8.06. The van der Waals surface area contributed by atoms with Crippen molar-refractivity contribution in [2.45, 2.75) is 10.9 Å². The number of ether oxygens (including phenoxy) is 1. The Morgan fingerprint density at radius 2 is 1.82 bits per heavy atom. The molecule has 0 fully saturated rings. The Morgan fingerprint density at radius 3 is 2.35 bits per heavy atom. The summed E-state index contributed by atoms with van der Waals surface area (Å²) in [5, 5.41) is 0. The van der Waals surface area contributed by atoms with Gasteiger partial charge >= 0.3 is 6.72 Å². The molecule has 4 nitrogen and oxygen atoms in total. The number of hydrogen-bond acceptors (Lipinski definition) is 3. The number of hydrogen-bond donors (Lipinski definition) is 2. The molecule has 0 unspecified atom stereocenters. The van der Waals surface area contributed by atoms with E-state index in [1.807, 2.05) is 18.2 Å². The van der Waals surface area contributed by atoms with Gasteiger partial charge in [-0.25, -0.2) is 0 Å². The maximum atomic E-state index is 8.92. The third kappa shape index (κ3) is 7.21. The van der Waals surface area contributed by atoms with Gasteiger partial charge in [0.15, 0.2) is 0 Å². The maximum absolute atomic E-state index is 8.92. The molecule has 0 heterocycles. The third-order valence-electron chi connectivity index (χ3n) is 1.66. The fourth-order valence-corrected chi connectivity index (χ4v) is 2.82. The van der Waals surface area contributed by atoms with Crippen molar-refractivity contribution in [1.82, 2.24) is 0 Å². The van der Waals surface area contributed by atoms with Gasteiger partial charge < -0.3 is 14.5 Å². The van der Waals surface area contributed by atoms with E-state index in [0.29, 0.717) is 5.75 Å². The minimum atomic E-state index is -3.89. The highest BCUT2D eigenvalue weighted by Gasteiger charge is 2.31. The summed E-state index contributed by atoms with van der Waals surface area (Å²) in [6.07, 6.45) is 0.0461. The Labute approximate surface area is 114 Å². The van der Waals surface area contributed by atoms with Crippen molar-refractivity contribution in [2.24, 2.45) is 0 Å². The van der Waals surface area contributed by atoms with Crippen LogP contribution < -0.4 is 4.74 Å². The first-order valence-corrected chi connectivity index (χ1v) is 7.99. The summed E-state index contributed by atoms with van der Waals surface area (Å²) in [6.45, 7) is -3.73. The number of para-hydroxylation sites is 1. The molecule has 1 rings (SSSR count). The van der Waals surface area contributed by atoms with E-state index in [0.717, 1.165) is 0 Å². The first-order chi connectivity index (χ1) is 7.79. The van der Waals surface area contributed by atoms with Gasteiger partial charge in [-0.1, -0.05) is 41.4 Å². The van der Waals surface area contributed by atoms with Crippen molar-refractivity contribution in [3.63, 3.8) is 0 Å². The molecule has 0 saturated heterocycles. The summed E-state index contributed by atoms with van der Waals surface area (Å²) in [4.78, 5) is 17.8. The van der Waals surface area contributed by atoms with Crippen LogP contribution in [0.25, 0.3) is 0 Å². The second kappa shape index (κ2) is 6.34. The molecule has 17 heavy (non-hydrogen) atoms. The predicted molar refractivity (Wildman–Crippen MR) is 70.8 cm³/mol. The Kier molecular flexibility index (Phi) is 5.67. The molecule has 0 amide bonds. The normalized spacial score (nSPS) is 12.5. The van der Waals surface area contributed by atoms with Crippen molar-refractivity contribution < 1.29 is 19.0 Å². The van der Waals surface area contributed by atoms with Gasteiger partial charge in [-0.15, -0.1) is 0 Å². The predicted octanol–water partition coefficient (Wildman–Crippen LogP) is 2.81. The molecule has 96 valence electrons. The Hall–Kier alpha value is 0.130. The average molecular weight is 317 g/mol. The zero-order chi connectivity index (χ0) is 12.9.